The third-order valence-electron chi connectivity index (χ3n) is 4.11. The lowest BCUT2D eigenvalue weighted by molar-refractivity contribution is 0.116. The van der Waals surface area contributed by atoms with Gasteiger partial charge < -0.3 is 9.73 Å². The Bertz CT molecular complexity index is 964. The maximum Gasteiger partial charge on any atom is 0.314 e. The van der Waals surface area contributed by atoms with Gasteiger partial charge in [-0.2, -0.15) is 8.78 Å². The first-order valence-corrected chi connectivity index (χ1v) is 7.75. The molecule has 4 rings (SSSR count). The van der Waals surface area contributed by atoms with E-state index in [1.807, 2.05) is 0 Å². The van der Waals surface area contributed by atoms with E-state index in [2.05, 4.69) is 25.5 Å². The second kappa shape index (κ2) is 6.25. The van der Waals surface area contributed by atoms with E-state index >= 15 is 0 Å². The standard InChI is InChI=1S/C16H10F5N5O/c17-8-3-9(18)11(10(19)4-8)16(1-2-16)24-15-22-5-7(6-23-15)13-25-26-14(27-13)12(20)21/h3-6,12H,1-2H2,(H,22,23,24). The van der Waals surface area contributed by atoms with Crippen molar-refractivity contribution in [2.45, 2.75) is 24.8 Å². The van der Waals surface area contributed by atoms with Crippen molar-refractivity contribution in [3.63, 3.8) is 0 Å². The average molecular weight is 383 g/mol. The van der Waals surface area contributed by atoms with E-state index in [0.717, 1.165) is 0 Å². The van der Waals surface area contributed by atoms with Crippen LogP contribution in [0.25, 0.3) is 11.5 Å². The van der Waals surface area contributed by atoms with Crippen molar-refractivity contribution in [1.82, 2.24) is 20.2 Å². The molecule has 1 saturated carbocycles. The van der Waals surface area contributed by atoms with Crippen LogP contribution in [0.15, 0.2) is 28.9 Å². The molecule has 1 aromatic carbocycles. The van der Waals surface area contributed by atoms with Gasteiger partial charge in [0.1, 0.15) is 17.5 Å². The third kappa shape index (κ3) is 3.20. The zero-order chi connectivity index (χ0) is 19.2. The first kappa shape index (κ1) is 17.3. The van der Waals surface area contributed by atoms with Gasteiger partial charge in [0.2, 0.25) is 5.95 Å². The highest BCUT2D eigenvalue weighted by molar-refractivity contribution is 5.51. The molecule has 2 heterocycles. The smallest absolute Gasteiger partial charge is 0.314 e. The van der Waals surface area contributed by atoms with Crippen LogP contribution >= 0.6 is 0 Å². The van der Waals surface area contributed by atoms with Crippen molar-refractivity contribution in [3.05, 3.63) is 53.4 Å². The van der Waals surface area contributed by atoms with E-state index in [-0.39, 0.29) is 23.0 Å². The molecule has 0 amide bonds. The molecule has 0 radical (unpaired) electrons. The molecule has 0 unspecified atom stereocenters. The van der Waals surface area contributed by atoms with Crippen molar-refractivity contribution in [2.75, 3.05) is 5.32 Å². The second-order valence-corrected chi connectivity index (χ2v) is 5.99. The summed E-state index contributed by atoms with van der Waals surface area (Å²) in [6.07, 6.45) is 0.387. The second-order valence-electron chi connectivity index (χ2n) is 5.99. The first-order chi connectivity index (χ1) is 12.9. The SMILES string of the molecule is Fc1cc(F)c(C2(Nc3ncc(-c4nnc(C(F)F)o4)cn3)CC2)c(F)c1. The summed E-state index contributed by atoms with van der Waals surface area (Å²) in [5.41, 5.74) is -1.16. The number of nitrogens with one attached hydrogen (secondary N) is 1. The lowest BCUT2D eigenvalue weighted by Crippen LogP contribution is -2.23. The molecule has 6 nitrogen and oxygen atoms in total. The fraction of sp³-hybridized carbons (Fsp3) is 0.250. The van der Waals surface area contributed by atoms with Gasteiger partial charge in [-0.05, 0) is 12.8 Å². The molecular weight excluding hydrogens is 373 g/mol. The molecule has 1 fully saturated rings. The van der Waals surface area contributed by atoms with Gasteiger partial charge in [-0.3, -0.25) is 0 Å². The van der Waals surface area contributed by atoms with Crippen LogP contribution in [0.3, 0.4) is 0 Å². The first-order valence-electron chi connectivity index (χ1n) is 7.75. The Labute approximate surface area is 148 Å². The summed E-state index contributed by atoms with van der Waals surface area (Å²) in [7, 11) is 0. The summed E-state index contributed by atoms with van der Waals surface area (Å²) in [6.45, 7) is 0. The number of benzene rings is 1. The Kier molecular flexibility index (Phi) is 4.01. The number of hydrogen-bond acceptors (Lipinski definition) is 6. The zero-order valence-corrected chi connectivity index (χ0v) is 13.4. The number of hydrogen-bond donors (Lipinski definition) is 1. The molecule has 0 bridgehead atoms. The van der Waals surface area contributed by atoms with E-state index in [1.165, 1.54) is 12.4 Å². The van der Waals surface area contributed by atoms with Gasteiger partial charge in [-0.15, -0.1) is 10.2 Å². The highest BCUT2D eigenvalue weighted by Gasteiger charge is 2.49. The summed E-state index contributed by atoms with van der Waals surface area (Å²) < 4.78 is 71.0. The van der Waals surface area contributed by atoms with E-state index in [4.69, 9.17) is 4.42 Å². The number of rotatable bonds is 5. The highest BCUT2D eigenvalue weighted by Crippen LogP contribution is 2.49. The number of nitrogens with zero attached hydrogens (tertiary/aromatic N) is 4. The molecule has 3 aromatic rings. The van der Waals surface area contributed by atoms with Crippen LogP contribution in [0.4, 0.5) is 27.9 Å². The van der Waals surface area contributed by atoms with Crippen molar-refractivity contribution < 1.29 is 26.4 Å². The molecule has 140 valence electrons. The fourth-order valence-electron chi connectivity index (χ4n) is 2.72. The van der Waals surface area contributed by atoms with Gasteiger partial charge in [0.15, 0.2) is 0 Å². The van der Waals surface area contributed by atoms with Gasteiger partial charge in [0.05, 0.1) is 11.1 Å². The van der Waals surface area contributed by atoms with Crippen molar-refractivity contribution >= 4 is 5.95 Å². The lowest BCUT2D eigenvalue weighted by Gasteiger charge is -2.19. The van der Waals surface area contributed by atoms with Gasteiger partial charge >= 0.3 is 6.43 Å². The summed E-state index contributed by atoms with van der Waals surface area (Å²) in [6, 6.07) is 1.22. The number of anilines is 1. The van der Waals surface area contributed by atoms with Crippen molar-refractivity contribution in [3.8, 4) is 11.5 Å². The van der Waals surface area contributed by atoms with Gasteiger partial charge in [-0.25, -0.2) is 23.1 Å². The molecular formula is C16H10F5N5O. The Balaban J connectivity index is 1.57. The molecule has 1 aliphatic carbocycles. The predicted octanol–water partition coefficient (Wildman–Crippen LogP) is 3.98. The van der Waals surface area contributed by atoms with Crippen LogP contribution in [-0.2, 0) is 5.54 Å². The summed E-state index contributed by atoms with van der Waals surface area (Å²) >= 11 is 0. The molecule has 0 spiro atoms. The molecule has 1 N–H and O–H groups in total. The molecule has 0 saturated heterocycles. The van der Waals surface area contributed by atoms with E-state index in [1.54, 1.807) is 0 Å². The number of halogens is 5. The van der Waals surface area contributed by atoms with E-state index < -0.39 is 35.3 Å². The third-order valence-corrected chi connectivity index (χ3v) is 4.11. The minimum Gasteiger partial charge on any atom is -0.415 e. The van der Waals surface area contributed by atoms with Crippen LogP contribution < -0.4 is 5.32 Å². The van der Waals surface area contributed by atoms with Crippen LogP contribution in [-0.4, -0.2) is 20.2 Å². The van der Waals surface area contributed by atoms with Crippen LogP contribution in [0, 0.1) is 17.5 Å². The average Bonchev–Trinajstić information content (AvgIpc) is 3.18. The van der Waals surface area contributed by atoms with Crippen LogP contribution in [0.1, 0.15) is 30.7 Å². The Morgan fingerprint density at radius 2 is 1.63 bits per heavy atom. The Hall–Kier alpha value is -3.11. The quantitative estimate of drug-likeness (QED) is 0.672. The molecule has 27 heavy (non-hydrogen) atoms. The maximum absolute atomic E-state index is 14.1. The Morgan fingerprint density at radius 1 is 1.00 bits per heavy atom. The molecule has 0 atom stereocenters. The number of alkyl halides is 2. The van der Waals surface area contributed by atoms with Gasteiger partial charge in [-0.1, -0.05) is 0 Å². The fourth-order valence-corrected chi connectivity index (χ4v) is 2.72. The minimum atomic E-state index is -2.90. The summed E-state index contributed by atoms with van der Waals surface area (Å²) in [4.78, 5) is 7.96. The van der Waals surface area contributed by atoms with E-state index in [9.17, 15) is 22.0 Å². The Morgan fingerprint density at radius 3 is 2.15 bits per heavy atom. The maximum atomic E-state index is 14.1. The predicted molar refractivity (Wildman–Crippen MR) is 81.1 cm³/mol. The monoisotopic (exact) mass is 383 g/mol. The highest BCUT2D eigenvalue weighted by atomic mass is 19.3. The molecule has 1 aliphatic rings. The minimum absolute atomic E-state index is 0.0490. The van der Waals surface area contributed by atoms with Crippen LogP contribution in [0.5, 0.6) is 0 Å². The topological polar surface area (TPSA) is 76.7 Å². The lowest BCUT2D eigenvalue weighted by atomic mass is 10.0. The van der Waals surface area contributed by atoms with Crippen molar-refractivity contribution in [1.29, 1.82) is 0 Å². The molecule has 11 heteroatoms. The van der Waals surface area contributed by atoms with E-state index in [0.29, 0.717) is 25.0 Å². The number of aromatic nitrogens is 4. The van der Waals surface area contributed by atoms with Crippen molar-refractivity contribution in [2.24, 2.45) is 0 Å². The van der Waals surface area contributed by atoms with Gasteiger partial charge in [0, 0.05) is 30.1 Å². The van der Waals surface area contributed by atoms with Crippen LogP contribution in [0.2, 0.25) is 0 Å². The van der Waals surface area contributed by atoms with Gasteiger partial charge in [0.25, 0.3) is 11.8 Å². The largest absolute Gasteiger partial charge is 0.415 e. The molecule has 0 aliphatic heterocycles. The normalized spacial score (nSPS) is 15.2. The zero-order valence-electron chi connectivity index (χ0n) is 13.4. The summed E-state index contributed by atoms with van der Waals surface area (Å²) in [5, 5.41) is 9.51. The summed E-state index contributed by atoms with van der Waals surface area (Å²) in [5.74, 6) is -3.97. The molecule has 2 aromatic heterocycles.